The van der Waals surface area contributed by atoms with Gasteiger partial charge in [0.15, 0.2) is 4.96 Å². The molecule has 5 rings (SSSR count). The SMILES string of the molecule is COc1ccc(-c2cn3c(C)c(C(=O)NCCc4csc(-c5ccc(OC)cc5)n4)sc3n2)cc1. The van der Waals surface area contributed by atoms with Crippen molar-refractivity contribution in [1.82, 2.24) is 19.7 Å². The summed E-state index contributed by atoms with van der Waals surface area (Å²) in [5.74, 6) is 1.54. The monoisotopic (exact) mass is 504 g/mol. The lowest BCUT2D eigenvalue weighted by Gasteiger charge is -2.03. The number of thiazole rings is 2. The minimum absolute atomic E-state index is 0.0883. The lowest BCUT2D eigenvalue weighted by Crippen LogP contribution is -2.25. The van der Waals surface area contributed by atoms with Crippen LogP contribution >= 0.6 is 22.7 Å². The van der Waals surface area contributed by atoms with Crippen molar-refractivity contribution in [1.29, 1.82) is 0 Å². The first-order chi connectivity index (χ1) is 17.1. The van der Waals surface area contributed by atoms with Crippen molar-refractivity contribution < 1.29 is 14.3 Å². The molecule has 7 nitrogen and oxygen atoms in total. The molecule has 0 saturated carbocycles. The van der Waals surface area contributed by atoms with E-state index in [1.165, 1.54) is 11.3 Å². The third-order valence-corrected chi connectivity index (χ3v) is 7.80. The molecule has 9 heteroatoms. The number of aryl methyl sites for hydroxylation is 1. The van der Waals surface area contributed by atoms with Crippen molar-refractivity contribution in [2.75, 3.05) is 20.8 Å². The molecule has 0 fully saturated rings. The number of carbonyl (C=O) groups is 1. The molecule has 0 unspecified atom stereocenters. The van der Waals surface area contributed by atoms with E-state index >= 15 is 0 Å². The topological polar surface area (TPSA) is 77.8 Å². The summed E-state index contributed by atoms with van der Waals surface area (Å²) in [6, 6.07) is 15.6. The van der Waals surface area contributed by atoms with Crippen LogP contribution in [0.3, 0.4) is 0 Å². The predicted molar refractivity (Wildman–Crippen MR) is 140 cm³/mol. The molecule has 1 N–H and O–H groups in total. The molecule has 0 saturated heterocycles. The number of amides is 1. The minimum Gasteiger partial charge on any atom is -0.497 e. The van der Waals surface area contributed by atoms with Crippen molar-refractivity contribution >= 4 is 33.5 Å². The Hall–Kier alpha value is -3.69. The van der Waals surface area contributed by atoms with Crippen LogP contribution in [0.5, 0.6) is 11.5 Å². The minimum atomic E-state index is -0.0883. The van der Waals surface area contributed by atoms with E-state index in [2.05, 4.69) is 5.32 Å². The number of nitrogens with zero attached hydrogens (tertiary/aromatic N) is 3. The van der Waals surface area contributed by atoms with Gasteiger partial charge in [0.2, 0.25) is 0 Å². The average Bonchev–Trinajstić information content (AvgIpc) is 3.61. The van der Waals surface area contributed by atoms with Gasteiger partial charge in [-0.1, -0.05) is 11.3 Å². The molecular formula is C26H24N4O3S2. The third-order valence-electron chi connectivity index (χ3n) is 5.70. The third kappa shape index (κ3) is 4.78. The quantitative estimate of drug-likeness (QED) is 0.303. The molecular weight excluding hydrogens is 480 g/mol. The van der Waals surface area contributed by atoms with Crippen molar-refractivity contribution in [2.45, 2.75) is 13.3 Å². The van der Waals surface area contributed by atoms with E-state index in [1.807, 2.05) is 71.4 Å². The Morgan fingerprint density at radius 1 is 0.971 bits per heavy atom. The van der Waals surface area contributed by atoms with Gasteiger partial charge in [0.1, 0.15) is 21.4 Å². The summed E-state index contributed by atoms with van der Waals surface area (Å²) in [7, 11) is 3.30. The number of methoxy groups -OCH3 is 2. The van der Waals surface area contributed by atoms with E-state index in [9.17, 15) is 4.79 Å². The Kier molecular flexibility index (Phi) is 6.52. The van der Waals surface area contributed by atoms with Crippen molar-refractivity contribution in [2.24, 2.45) is 0 Å². The fourth-order valence-electron chi connectivity index (χ4n) is 3.73. The highest BCUT2D eigenvalue weighted by molar-refractivity contribution is 7.19. The number of ether oxygens (including phenoxy) is 2. The Morgan fingerprint density at radius 3 is 2.26 bits per heavy atom. The lowest BCUT2D eigenvalue weighted by atomic mass is 10.2. The van der Waals surface area contributed by atoms with Crippen LogP contribution in [0.4, 0.5) is 0 Å². The van der Waals surface area contributed by atoms with Crippen LogP contribution < -0.4 is 14.8 Å². The fourth-order valence-corrected chi connectivity index (χ4v) is 5.62. The molecule has 3 heterocycles. The van der Waals surface area contributed by atoms with E-state index in [4.69, 9.17) is 19.4 Å². The molecule has 5 aromatic rings. The molecule has 0 atom stereocenters. The fraction of sp³-hybridized carbons (Fsp3) is 0.192. The molecule has 0 bridgehead atoms. The van der Waals surface area contributed by atoms with Crippen LogP contribution in [0.15, 0.2) is 60.1 Å². The molecule has 35 heavy (non-hydrogen) atoms. The van der Waals surface area contributed by atoms with Gasteiger partial charge in [0.25, 0.3) is 5.91 Å². The van der Waals surface area contributed by atoms with E-state index < -0.39 is 0 Å². The number of hydrogen-bond acceptors (Lipinski definition) is 7. The number of hydrogen-bond donors (Lipinski definition) is 1. The maximum absolute atomic E-state index is 12.9. The zero-order valence-electron chi connectivity index (χ0n) is 19.6. The predicted octanol–water partition coefficient (Wildman–Crippen LogP) is 5.48. The van der Waals surface area contributed by atoms with Gasteiger partial charge in [-0.05, 0) is 55.5 Å². The van der Waals surface area contributed by atoms with Crippen LogP contribution in [0.25, 0.3) is 26.8 Å². The lowest BCUT2D eigenvalue weighted by molar-refractivity contribution is 0.0957. The summed E-state index contributed by atoms with van der Waals surface area (Å²) in [6.45, 7) is 2.46. The second-order valence-electron chi connectivity index (χ2n) is 7.90. The number of aromatic nitrogens is 3. The molecule has 0 aliphatic heterocycles. The van der Waals surface area contributed by atoms with E-state index in [0.717, 1.165) is 49.7 Å². The summed E-state index contributed by atoms with van der Waals surface area (Å²) in [4.78, 5) is 23.7. The second kappa shape index (κ2) is 9.89. The van der Waals surface area contributed by atoms with Gasteiger partial charge >= 0.3 is 0 Å². The molecule has 1 amide bonds. The molecule has 2 aromatic carbocycles. The molecule has 0 aliphatic rings. The molecule has 0 aliphatic carbocycles. The summed E-state index contributed by atoms with van der Waals surface area (Å²) < 4.78 is 12.4. The van der Waals surface area contributed by atoms with Crippen molar-refractivity contribution in [3.63, 3.8) is 0 Å². The van der Waals surface area contributed by atoms with Crippen LogP contribution in [-0.4, -0.2) is 41.0 Å². The van der Waals surface area contributed by atoms with Crippen LogP contribution in [0, 0.1) is 6.92 Å². The number of imidazole rings is 1. The van der Waals surface area contributed by atoms with Gasteiger partial charge in [0.05, 0.1) is 25.6 Å². The number of benzene rings is 2. The Morgan fingerprint density at radius 2 is 1.63 bits per heavy atom. The van der Waals surface area contributed by atoms with Crippen molar-refractivity contribution in [3.8, 4) is 33.3 Å². The van der Waals surface area contributed by atoms with Gasteiger partial charge in [-0.2, -0.15) is 0 Å². The maximum atomic E-state index is 12.9. The van der Waals surface area contributed by atoms with Crippen LogP contribution in [-0.2, 0) is 6.42 Å². The smallest absolute Gasteiger partial charge is 0.263 e. The number of nitrogens with one attached hydrogen (secondary N) is 1. The highest BCUT2D eigenvalue weighted by Gasteiger charge is 2.18. The van der Waals surface area contributed by atoms with Gasteiger partial charge in [0, 0.05) is 41.4 Å². The van der Waals surface area contributed by atoms with Gasteiger partial charge in [-0.3, -0.25) is 9.20 Å². The first-order valence-corrected chi connectivity index (χ1v) is 12.8. The molecule has 178 valence electrons. The van der Waals surface area contributed by atoms with Gasteiger partial charge < -0.3 is 14.8 Å². The first-order valence-electron chi connectivity index (χ1n) is 11.1. The van der Waals surface area contributed by atoms with Crippen LogP contribution in [0.1, 0.15) is 21.1 Å². The largest absolute Gasteiger partial charge is 0.497 e. The summed E-state index contributed by atoms with van der Waals surface area (Å²) in [5.41, 5.74) is 4.76. The summed E-state index contributed by atoms with van der Waals surface area (Å²) >= 11 is 3.00. The highest BCUT2D eigenvalue weighted by Crippen LogP contribution is 2.28. The summed E-state index contributed by atoms with van der Waals surface area (Å²) in [5, 5.41) is 6.02. The molecule has 0 radical (unpaired) electrons. The number of fused-ring (bicyclic) bond motifs is 1. The Balaban J connectivity index is 1.21. The number of carbonyl (C=O) groups excluding carboxylic acids is 1. The molecule has 0 spiro atoms. The van der Waals surface area contributed by atoms with Gasteiger partial charge in [-0.15, -0.1) is 11.3 Å². The maximum Gasteiger partial charge on any atom is 0.263 e. The second-order valence-corrected chi connectivity index (χ2v) is 9.74. The summed E-state index contributed by atoms with van der Waals surface area (Å²) in [6.07, 6.45) is 2.64. The van der Waals surface area contributed by atoms with Gasteiger partial charge in [-0.25, -0.2) is 9.97 Å². The Labute approximate surface area is 211 Å². The highest BCUT2D eigenvalue weighted by atomic mass is 32.1. The van der Waals surface area contributed by atoms with E-state index in [-0.39, 0.29) is 5.91 Å². The average molecular weight is 505 g/mol. The first kappa shape index (κ1) is 23.1. The van der Waals surface area contributed by atoms with Crippen LogP contribution in [0.2, 0.25) is 0 Å². The standard InChI is InChI=1S/C26H24N4O3S2/c1-16-23(35-26-29-22(14-30(16)26)17-4-8-20(32-2)9-5-17)24(31)27-13-12-19-15-34-25(28-19)18-6-10-21(33-3)11-7-18/h4-11,14-15H,12-13H2,1-3H3,(H,27,31). The molecule has 3 aromatic heterocycles. The zero-order chi connectivity index (χ0) is 24.4. The zero-order valence-corrected chi connectivity index (χ0v) is 21.2. The van der Waals surface area contributed by atoms with Crippen molar-refractivity contribution in [3.05, 3.63) is 76.4 Å². The number of rotatable bonds is 8. The normalized spacial score (nSPS) is 11.1. The van der Waals surface area contributed by atoms with E-state index in [1.54, 1.807) is 25.6 Å². The Bertz CT molecular complexity index is 1470. The van der Waals surface area contributed by atoms with E-state index in [0.29, 0.717) is 17.8 Å².